The van der Waals surface area contributed by atoms with Crippen LogP contribution < -0.4 is 0 Å². The number of hydrogen-bond acceptors (Lipinski definition) is 1. The van der Waals surface area contributed by atoms with E-state index in [2.05, 4.69) is 15.9 Å². The predicted molar refractivity (Wildman–Crippen MR) is 49.6 cm³/mol. The van der Waals surface area contributed by atoms with Crippen molar-refractivity contribution in [1.82, 2.24) is 0 Å². The van der Waals surface area contributed by atoms with Gasteiger partial charge in [0.15, 0.2) is 0 Å². The van der Waals surface area contributed by atoms with Crippen molar-refractivity contribution < 1.29 is 9.18 Å². The molecule has 12 heavy (non-hydrogen) atoms. The lowest BCUT2D eigenvalue weighted by atomic mass is 10.1. The fourth-order valence-corrected chi connectivity index (χ4v) is 1.13. The molecule has 0 bridgehead atoms. The van der Waals surface area contributed by atoms with E-state index in [0.717, 1.165) is 0 Å². The second kappa shape index (κ2) is 4.01. The van der Waals surface area contributed by atoms with Crippen molar-refractivity contribution in [2.75, 3.05) is 0 Å². The molecule has 0 radical (unpaired) electrons. The van der Waals surface area contributed by atoms with E-state index >= 15 is 0 Å². The first-order chi connectivity index (χ1) is 5.61. The second-order valence-electron chi connectivity index (χ2n) is 2.17. The van der Waals surface area contributed by atoms with Crippen LogP contribution in [0, 0.1) is 0 Å². The summed E-state index contributed by atoms with van der Waals surface area (Å²) in [6.07, 6.45) is 0. The largest absolute Gasteiger partial charge is 0.290 e. The fourth-order valence-electron chi connectivity index (χ4n) is 0.740. The van der Waals surface area contributed by atoms with E-state index in [9.17, 15) is 9.18 Å². The minimum atomic E-state index is -1.64. The Labute approximate surface area is 82.7 Å². The fraction of sp³-hybridized carbons (Fsp3) is 0.125. The molecule has 0 spiro atoms. The summed E-state index contributed by atoms with van der Waals surface area (Å²) in [6, 6.07) is 6.06. The van der Waals surface area contributed by atoms with Crippen molar-refractivity contribution in [3.8, 4) is 0 Å². The number of hydrogen-bond donors (Lipinski definition) is 0. The SMILES string of the molecule is O=C(c1ccc(Cl)cc1)C(F)Br. The molecule has 1 nitrogen and oxygen atoms in total. The molecular formula is C8H5BrClFO. The maximum absolute atomic E-state index is 12.4. The molecule has 0 saturated carbocycles. The van der Waals surface area contributed by atoms with Gasteiger partial charge in [-0.15, -0.1) is 0 Å². The zero-order chi connectivity index (χ0) is 9.14. The third-order valence-corrected chi connectivity index (χ3v) is 1.99. The molecule has 0 amide bonds. The quantitative estimate of drug-likeness (QED) is 0.583. The average molecular weight is 251 g/mol. The first-order valence-electron chi connectivity index (χ1n) is 3.19. The lowest BCUT2D eigenvalue weighted by Gasteiger charge is -1.99. The van der Waals surface area contributed by atoms with Gasteiger partial charge in [-0.2, -0.15) is 0 Å². The summed E-state index contributed by atoms with van der Waals surface area (Å²) in [6.45, 7) is 0. The summed E-state index contributed by atoms with van der Waals surface area (Å²) in [4.78, 5) is 11.0. The van der Waals surface area contributed by atoms with Gasteiger partial charge in [0.1, 0.15) is 0 Å². The van der Waals surface area contributed by atoms with Gasteiger partial charge in [0.25, 0.3) is 0 Å². The highest BCUT2D eigenvalue weighted by Crippen LogP contribution is 2.14. The van der Waals surface area contributed by atoms with Crippen LogP contribution in [0.3, 0.4) is 0 Å². The van der Waals surface area contributed by atoms with Crippen LogP contribution in [-0.2, 0) is 0 Å². The van der Waals surface area contributed by atoms with Crippen molar-refractivity contribution in [2.45, 2.75) is 5.08 Å². The normalized spacial score (nSPS) is 12.6. The van der Waals surface area contributed by atoms with Gasteiger partial charge in [0.2, 0.25) is 10.9 Å². The number of alkyl halides is 2. The standard InChI is InChI=1S/C8H5BrClFO/c9-8(11)7(12)5-1-3-6(10)4-2-5/h1-4,8H. The van der Waals surface area contributed by atoms with Gasteiger partial charge in [-0.05, 0) is 40.2 Å². The van der Waals surface area contributed by atoms with E-state index in [1.165, 1.54) is 12.1 Å². The second-order valence-corrected chi connectivity index (χ2v) is 3.41. The molecule has 0 aliphatic carbocycles. The van der Waals surface area contributed by atoms with Gasteiger partial charge in [0.05, 0.1) is 0 Å². The van der Waals surface area contributed by atoms with Gasteiger partial charge in [-0.1, -0.05) is 11.6 Å². The Kier molecular flexibility index (Phi) is 3.23. The summed E-state index contributed by atoms with van der Waals surface area (Å²) in [5.74, 6) is -0.591. The number of benzene rings is 1. The van der Waals surface area contributed by atoms with Crippen molar-refractivity contribution in [1.29, 1.82) is 0 Å². The van der Waals surface area contributed by atoms with Crippen LogP contribution in [0.5, 0.6) is 0 Å². The number of Topliss-reactive ketones (excluding diaryl/α,β-unsaturated/α-hetero) is 1. The maximum Gasteiger partial charge on any atom is 0.217 e. The van der Waals surface area contributed by atoms with Gasteiger partial charge in [-0.3, -0.25) is 4.79 Å². The van der Waals surface area contributed by atoms with E-state index in [4.69, 9.17) is 11.6 Å². The predicted octanol–water partition coefficient (Wildman–Crippen LogP) is 3.21. The Morgan fingerprint density at radius 2 is 1.92 bits per heavy atom. The molecule has 1 rings (SSSR count). The summed E-state index contributed by atoms with van der Waals surface area (Å²) < 4.78 is 12.4. The molecule has 1 atom stereocenters. The van der Waals surface area contributed by atoms with Crippen LogP contribution in [0.4, 0.5) is 4.39 Å². The highest BCUT2D eigenvalue weighted by Gasteiger charge is 2.14. The summed E-state index contributed by atoms with van der Waals surface area (Å²) in [7, 11) is 0. The van der Waals surface area contributed by atoms with Crippen molar-refractivity contribution in [3.05, 3.63) is 34.9 Å². The summed E-state index contributed by atoms with van der Waals surface area (Å²) in [5, 5.41) is -1.12. The summed E-state index contributed by atoms with van der Waals surface area (Å²) >= 11 is 8.12. The minimum Gasteiger partial charge on any atom is -0.290 e. The monoisotopic (exact) mass is 250 g/mol. The third kappa shape index (κ3) is 2.29. The molecular weight excluding hydrogens is 246 g/mol. The van der Waals surface area contributed by atoms with E-state index < -0.39 is 10.9 Å². The first-order valence-corrected chi connectivity index (χ1v) is 4.48. The lowest BCUT2D eigenvalue weighted by Crippen LogP contribution is -2.07. The van der Waals surface area contributed by atoms with E-state index in [-0.39, 0.29) is 0 Å². The first kappa shape index (κ1) is 9.68. The van der Waals surface area contributed by atoms with E-state index in [1.54, 1.807) is 12.1 Å². The van der Waals surface area contributed by atoms with Crippen molar-refractivity contribution in [2.24, 2.45) is 0 Å². The Morgan fingerprint density at radius 1 is 1.42 bits per heavy atom. The van der Waals surface area contributed by atoms with Crippen molar-refractivity contribution >= 4 is 33.3 Å². The van der Waals surface area contributed by atoms with Gasteiger partial charge >= 0.3 is 0 Å². The molecule has 1 aromatic carbocycles. The third-order valence-electron chi connectivity index (χ3n) is 1.33. The zero-order valence-electron chi connectivity index (χ0n) is 5.93. The van der Waals surface area contributed by atoms with Crippen LogP contribution in [0.25, 0.3) is 0 Å². The van der Waals surface area contributed by atoms with E-state index in [0.29, 0.717) is 10.6 Å². The topological polar surface area (TPSA) is 17.1 Å². The highest BCUT2D eigenvalue weighted by molar-refractivity contribution is 9.09. The van der Waals surface area contributed by atoms with Crippen molar-refractivity contribution in [3.63, 3.8) is 0 Å². The lowest BCUT2D eigenvalue weighted by molar-refractivity contribution is 0.0942. The molecule has 1 unspecified atom stereocenters. The molecule has 0 fully saturated rings. The Hall–Kier alpha value is -0.410. The van der Waals surface area contributed by atoms with Gasteiger partial charge in [-0.25, -0.2) is 4.39 Å². The molecule has 0 aliphatic rings. The molecule has 0 heterocycles. The molecule has 4 heteroatoms. The average Bonchev–Trinajstić information content (AvgIpc) is 2.04. The van der Waals surface area contributed by atoms with Gasteiger partial charge < -0.3 is 0 Å². The Morgan fingerprint density at radius 3 is 2.33 bits per heavy atom. The molecule has 1 aromatic rings. The Bertz CT molecular complexity index is 284. The molecule has 0 saturated heterocycles. The minimum absolute atomic E-state index is 0.309. The smallest absolute Gasteiger partial charge is 0.217 e. The van der Waals surface area contributed by atoms with Crippen LogP contribution in [-0.4, -0.2) is 10.9 Å². The number of rotatable bonds is 2. The zero-order valence-corrected chi connectivity index (χ0v) is 8.27. The van der Waals surface area contributed by atoms with E-state index in [1.807, 2.05) is 0 Å². The van der Waals surface area contributed by atoms with Crippen LogP contribution in [0.1, 0.15) is 10.4 Å². The summed E-state index contributed by atoms with van der Waals surface area (Å²) in [5.41, 5.74) is 0.309. The highest BCUT2D eigenvalue weighted by atomic mass is 79.9. The Balaban J connectivity index is 2.90. The maximum atomic E-state index is 12.4. The molecule has 64 valence electrons. The van der Waals surface area contributed by atoms with Crippen LogP contribution >= 0.6 is 27.5 Å². The van der Waals surface area contributed by atoms with Crippen LogP contribution in [0.2, 0.25) is 5.02 Å². The molecule has 0 N–H and O–H groups in total. The number of carbonyl (C=O) groups is 1. The number of halogens is 3. The molecule has 0 aliphatic heterocycles. The van der Waals surface area contributed by atoms with Gasteiger partial charge in [0, 0.05) is 10.6 Å². The number of carbonyl (C=O) groups excluding carboxylic acids is 1. The van der Waals surface area contributed by atoms with Crippen LogP contribution in [0.15, 0.2) is 24.3 Å². The number of ketones is 1. The molecule has 0 aromatic heterocycles.